The number of carbonyl (C=O) groups is 1. The van der Waals surface area contributed by atoms with Gasteiger partial charge >= 0.3 is 0 Å². The molecule has 1 heterocycles. The molecule has 7 heteroatoms. The largest absolute Gasteiger partial charge is 0.393 e. The molecule has 0 spiro atoms. The van der Waals surface area contributed by atoms with Crippen LogP contribution in [0.1, 0.15) is 13.3 Å². The Balaban J connectivity index is 2.23. The molecular formula is C9H16N4O2S. The molecule has 16 heavy (non-hydrogen) atoms. The predicted octanol–water partition coefficient (Wildman–Crippen LogP) is 0.179. The quantitative estimate of drug-likeness (QED) is 0.746. The molecule has 6 nitrogen and oxygen atoms in total. The molecule has 0 saturated heterocycles. The van der Waals surface area contributed by atoms with Gasteiger partial charge in [0.15, 0.2) is 0 Å². The molecule has 2 N–H and O–H groups in total. The Morgan fingerprint density at radius 3 is 3.06 bits per heavy atom. The van der Waals surface area contributed by atoms with Gasteiger partial charge in [0, 0.05) is 6.54 Å². The van der Waals surface area contributed by atoms with Gasteiger partial charge in [0.1, 0.15) is 5.51 Å². The van der Waals surface area contributed by atoms with Gasteiger partial charge in [-0.15, -0.1) is 10.2 Å². The minimum Gasteiger partial charge on any atom is -0.393 e. The van der Waals surface area contributed by atoms with Gasteiger partial charge in [0.2, 0.25) is 11.0 Å². The molecule has 1 amide bonds. The fourth-order valence-electron chi connectivity index (χ4n) is 1.12. The molecule has 1 aromatic rings. The van der Waals surface area contributed by atoms with Crippen molar-refractivity contribution < 1.29 is 9.90 Å². The topological polar surface area (TPSA) is 78.4 Å². The Hall–Kier alpha value is -1.05. The molecule has 0 aromatic carbocycles. The van der Waals surface area contributed by atoms with E-state index in [2.05, 4.69) is 15.5 Å². The number of hydrogen-bond acceptors (Lipinski definition) is 6. The number of aliphatic hydroxyl groups excluding tert-OH is 1. The summed E-state index contributed by atoms with van der Waals surface area (Å²) >= 11 is 1.28. The summed E-state index contributed by atoms with van der Waals surface area (Å²) in [5, 5.41) is 19.6. The maximum absolute atomic E-state index is 11.5. The van der Waals surface area contributed by atoms with E-state index in [1.54, 1.807) is 12.4 Å². The van der Waals surface area contributed by atoms with Crippen LogP contribution in [0, 0.1) is 0 Å². The van der Waals surface area contributed by atoms with E-state index in [0.29, 0.717) is 18.1 Å². The maximum Gasteiger partial charge on any atom is 0.240 e. The number of rotatable bonds is 6. The van der Waals surface area contributed by atoms with Gasteiger partial charge in [-0.25, -0.2) is 0 Å². The summed E-state index contributed by atoms with van der Waals surface area (Å²) in [6.45, 7) is 2.70. The first-order chi connectivity index (χ1) is 7.58. The summed E-state index contributed by atoms with van der Waals surface area (Å²) in [4.78, 5) is 13.3. The monoisotopic (exact) mass is 244 g/mol. The lowest BCUT2D eigenvalue weighted by Gasteiger charge is -2.16. The maximum atomic E-state index is 11.5. The smallest absolute Gasteiger partial charge is 0.240 e. The molecule has 0 aliphatic heterocycles. The molecule has 90 valence electrons. The molecule has 1 aromatic heterocycles. The number of nitrogens with zero attached hydrogens (tertiary/aromatic N) is 3. The summed E-state index contributed by atoms with van der Waals surface area (Å²) in [5.41, 5.74) is 1.56. The van der Waals surface area contributed by atoms with E-state index in [9.17, 15) is 4.79 Å². The lowest BCUT2D eigenvalue weighted by molar-refractivity contribution is -0.117. The molecule has 1 rings (SSSR count). The highest BCUT2D eigenvalue weighted by Gasteiger charge is 2.08. The van der Waals surface area contributed by atoms with Crippen LogP contribution in [0.15, 0.2) is 5.51 Å². The van der Waals surface area contributed by atoms with E-state index in [-0.39, 0.29) is 18.6 Å². The SMILES string of the molecule is CC(O)CCN(C)CC(=O)Nc1nncs1. The summed E-state index contributed by atoms with van der Waals surface area (Å²) in [7, 11) is 1.84. The van der Waals surface area contributed by atoms with Crippen molar-refractivity contribution >= 4 is 22.4 Å². The summed E-state index contributed by atoms with van der Waals surface area (Å²) in [6.07, 6.45) is 0.316. The minimum atomic E-state index is -0.339. The van der Waals surface area contributed by atoms with Gasteiger partial charge < -0.3 is 5.11 Å². The van der Waals surface area contributed by atoms with Crippen LogP contribution in [0.2, 0.25) is 0 Å². The van der Waals surface area contributed by atoms with E-state index in [0.717, 1.165) is 0 Å². The Labute approximate surface area is 98.3 Å². The third-order valence-electron chi connectivity index (χ3n) is 1.95. The second-order valence-corrected chi connectivity index (χ2v) is 4.50. The molecule has 0 saturated carbocycles. The first-order valence-electron chi connectivity index (χ1n) is 5.00. The van der Waals surface area contributed by atoms with Crippen molar-refractivity contribution in [2.75, 3.05) is 25.5 Å². The zero-order valence-electron chi connectivity index (χ0n) is 9.38. The summed E-state index contributed by atoms with van der Waals surface area (Å²) < 4.78 is 0. The number of aliphatic hydroxyl groups is 1. The van der Waals surface area contributed by atoms with E-state index in [1.165, 1.54) is 11.3 Å². The second kappa shape index (κ2) is 6.51. The molecular weight excluding hydrogens is 228 g/mol. The van der Waals surface area contributed by atoms with Gasteiger partial charge in [-0.1, -0.05) is 11.3 Å². The number of hydrogen-bond donors (Lipinski definition) is 2. The molecule has 0 aliphatic carbocycles. The van der Waals surface area contributed by atoms with Crippen LogP contribution < -0.4 is 5.32 Å². The van der Waals surface area contributed by atoms with Gasteiger partial charge in [-0.3, -0.25) is 15.0 Å². The third-order valence-corrected chi connectivity index (χ3v) is 2.56. The number of nitrogens with one attached hydrogen (secondary N) is 1. The molecule has 0 bridgehead atoms. The zero-order valence-corrected chi connectivity index (χ0v) is 10.2. The van der Waals surface area contributed by atoms with Crippen molar-refractivity contribution in [1.29, 1.82) is 0 Å². The van der Waals surface area contributed by atoms with Crippen LogP contribution in [0.4, 0.5) is 5.13 Å². The standard InChI is InChI=1S/C9H16N4O2S/c1-7(14)3-4-13(2)5-8(15)11-9-12-10-6-16-9/h6-7,14H,3-5H2,1-2H3,(H,11,12,15). The van der Waals surface area contributed by atoms with Crippen molar-refractivity contribution in [2.24, 2.45) is 0 Å². The van der Waals surface area contributed by atoms with Gasteiger partial charge in [0.05, 0.1) is 12.6 Å². The molecule has 0 fully saturated rings. The summed E-state index contributed by atoms with van der Waals surface area (Å²) in [5.74, 6) is -0.121. The molecule has 1 unspecified atom stereocenters. The Morgan fingerprint density at radius 1 is 1.75 bits per heavy atom. The summed E-state index contributed by atoms with van der Waals surface area (Å²) in [6, 6.07) is 0. The van der Waals surface area contributed by atoms with Crippen LogP contribution in [-0.4, -0.2) is 52.4 Å². The fourth-order valence-corrected chi connectivity index (χ4v) is 1.58. The van der Waals surface area contributed by atoms with Crippen molar-refractivity contribution in [1.82, 2.24) is 15.1 Å². The molecule has 0 radical (unpaired) electrons. The lowest BCUT2D eigenvalue weighted by Crippen LogP contribution is -2.32. The number of carbonyl (C=O) groups excluding carboxylic acids is 1. The van der Waals surface area contributed by atoms with Crippen LogP contribution in [0.3, 0.4) is 0 Å². The Morgan fingerprint density at radius 2 is 2.50 bits per heavy atom. The highest BCUT2D eigenvalue weighted by Crippen LogP contribution is 2.07. The number of aromatic nitrogens is 2. The average molecular weight is 244 g/mol. The molecule has 1 atom stereocenters. The van der Waals surface area contributed by atoms with Crippen LogP contribution in [0.25, 0.3) is 0 Å². The van der Waals surface area contributed by atoms with Crippen molar-refractivity contribution in [3.63, 3.8) is 0 Å². The first-order valence-corrected chi connectivity index (χ1v) is 5.88. The zero-order chi connectivity index (χ0) is 12.0. The van der Waals surface area contributed by atoms with Gasteiger partial charge in [0.25, 0.3) is 0 Å². The van der Waals surface area contributed by atoms with Crippen molar-refractivity contribution in [3.8, 4) is 0 Å². The van der Waals surface area contributed by atoms with Gasteiger partial charge in [-0.2, -0.15) is 0 Å². The highest BCUT2D eigenvalue weighted by atomic mass is 32.1. The van der Waals surface area contributed by atoms with E-state index >= 15 is 0 Å². The number of likely N-dealkylation sites (N-methyl/N-ethyl adjacent to an activating group) is 1. The molecule has 0 aliphatic rings. The van der Waals surface area contributed by atoms with E-state index in [4.69, 9.17) is 5.11 Å². The van der Waals surface area contributed by atoms with E-state index < -0.39 is 0 Å². The van der Waals surface area contributed by atoms with Crippen LogP contribution in [-0.2, 0) is 4.79 Å². The second-order valence-electron chi connectivity index (χ2n) is 3.67. The minimum absolute atomic E-state index is 0.121. The number of amides is 1. The Bertz CT molecular complexity index is 315. The predicted molar refractivity (Wildman–Crippen MR) is 62.3 cm³/mol. The van der Waals surface area contributed by atoms with E-state index in [1.807, 2.05) is 11.9 Å². The Kier molecular flexibility index (Phi) is 5.30. The lowest BCUT2D eigenvalue weighted by atomic mass is 10.3. The van der Waals surface area contributed by atoms with Crippen LogP contribution >= 0.6 is 11.3 Å². The third kappa shape index (κ3) is 5.15. The van der Waals surface area contributed by atoms with Crippen molar-refractivity contribution in [2.45, 2.75) is 19.4 Å². The number of anilines is 1. The van der Waals surface area contributed by atoms with Crippen molar-refractivity contribution in [3.05, 3.63) is 5.51 Å². The fraction of sp³-hybridized carbons (Fsp3) is 0.667. The highest BCUT2D eigenvalue weighted by molar-refractivity contribution is 7.13. The normalized spacial score (nSPS) is 12.8. The van der Waals surface area contributed by atoms with Gasteiger partial charge in [-0.05, 0) is 20.4 Å². The average Bonchev–Trinajstić information content (AvgIpc) is 2.67. The van der Waals surface area contributed by atoms with Crippen LogP contribution in [0.5, 0.6) is 0 Å². The first kappa shape index (κ1) is 13.0.